The third-order valence-electron chi connectivity index (χ3n) is 3.69. The van der Waals surface area contributed by atoms with Crippen LogP contribution >= 0.6 is 0 Å². The third-order valence-corrected chi connectivity index (χ3v) is 3.69. The van der Waals surface area contributed by atoms with Gasteiger partial charge in [0.05, 0.1) is 33.4 Å². The number of hydrogen-bond acceptors (Lipinski definition) is 5. The van der Waals surface area contributed by atoms with Crippen LogP contribution in [0.4, 0.5) is 0 Å². The van der Waals surface area contributed by atoms with Gasteiger partial charge in [0.2, 0.25) is 5.91 Å². The molecule has 0 atom stereocenters. The molecule has 130 valence electrons. The molecule has 1 amide bonds. The fraction of sp³-hybridized carbons (Fsp3) is 0.412. The fourth-order valence-corrected chi connectivity index (χ4v) is 2.45. The first-order chi connectivity index (χ1) is 11.6. The lowest BCUT2D eigenvalue weighted by Crippen LogP contribution is -2.34. The van der Waals surface area contributed by atoms with E-state index >= 15 is 0 Å². The summed E-state index contributed by atoms with van der Waals surface area (Å²) in [5.74, 6) is 1.26. The molecule has 0 radical (unpaired) electrons. The zero-order valence-electron chi connectivity index (χ0n) is 14.2. The molecule has 0 aliphatic rings. The maximum atomic E-state index is 12.6. The monoisotopic (exact) mass is 333 g/mol. The Labute approximate surface area is 141 Å². The van der Waals surface area contributed by atoms with E-state index in [1.165, 1.54) is 0 Å². The Morgan fingerprint density at radius 1 is 1.33 bits per heavy atom. The molecule has 0 aliphatic carbocycles. The van der Waals surface area contributed by atoms with E-state index in [9.17, 15) is 9.90 Å². The molecule has 2 rings (SSSR count). The summed E-state index contributed by atoms with van der Waals surface area (Å²) in [4.78, 5) is 14.2. The lowest BCUT2D eigenvalue weighted by molar-refractivity contribution is -0.131. The van der Waals surface area contributed by atoms with Crippen LogP contribution in [0.1, 0.15) is 11.1 Å². The van der Waals surface area contributed by atoms with E-state index in [-0.39, 0.29) is 25.5 Å². The summed E-state index contributed by atoms with van der Waals surface area (Å²) in [7, 11) is 4.97. The normalized spacial score (nSPS) is 10.5. The van der Waals surface area contributed by atoms with Gasteiger partial charge in [-0.3, -0.25) is 9.48 Å². The van der Waals surface area contributed by atoms with Crippen molar-refractivity contribution in [3.63, 3.8) is 0 Å². The topological polar surface area (TPSA) is 76.8 Å². The molecule has 2 aromatic rings. The molecule has 0 saturated heterocycles. The Bertz CT molecular complexity index is 684. The molecule has 0 fully saturated rings. The predicted molar refractivity (Wildman–Crippen MR) is 89.0 cm³/mol. The van der Waals surface area contributed by atoms with Crippen molar-refractivity contribution in [2.75, 3.05) is 27.4 Å². The second-order valence-electron chi connectivity index (χ2n) is 5.42. The Morgan fingerprint density at radius 2 is 2.12 bits per heavy atom. The van der Waals surface area contributed by atoms with E-state index in [0.717, 1.165) is 11.1 Å². The number of hydrogen-bond donors (Lipinski definition) is 1. The van der Waals surface area contributed by atoms with Gasteiger partial charge in [-0.25, -0.2) is 0 Å². The molecule has 0 aliphatic heterocycles. The van der Waals surface area contributed by atoms with Gasteiger partial charge in [-0.05, 0) is 17.7 Å². The molecule has 1 aromatic heterocycles. The molecular formula is C17H23N3O4. The Hall–Kier alpha value is -2.54. The lowest BCUT2D eigenvalue weighted by atomic mass is 10.1. The van der Waals surface area contributed by atoms with Crippen LogP contribution in [0.25, 0.3) is 0 Å². The molecule has 1 aromatic carbocycles. The summed E-state index contributed by atoms with van der Waals surface area (Å²) >= 11 is 0. The van der Waals surface area contributed by atoms with Crippen LogP contribution in [-0.2, 0) is 24.8 Å². The number of amides is 1. The lowest BCUT2D eigenvalue weighted by Gasteiger charge is -2.23. The number of rotatable bonds is 8. The van der Waals surface area contributed by atoms with Gasteiger partial charge in [-0.2, -0.15) is 5.10 Å². The second-order valence-corrected chi connectivity index (χ2v) is 5.42. The number of carbonyl (C=O) groups is 1. The van der Waals surface area contributed by atoms with Crippen LogP contribution in [0, 0.1) is 0 Å². The molecule has 0 unspecified atom stereocenters. The minimum Gasteiger partial charge on any atom is -0.497 e. The van der Waals surface area contributed by atoms with Gasteiger partial charge >= 0.3 is 0 Å². The standard InChI is InChI=1S/C17H23N3O4/c1-19-11-13(10-18-19)8-17(22)20(6-7-21)12-14-4-5-15(23-2)9-16(14)24-3/h4-5,9-11,21H,6-8,12H2,1-3H3. The molecule has 0 saturated carbocycles. The number of aliphatic hydroxyl groups is 1. The Balaban J connectivity index is 2.14. The van der Waals surface area contributed by atoms with Gasteiger partial charge in [0.15, 0.2) is 0 Å². The summed E-state index contributed by atoms with van der Waals surface area (Å²) in [6.07, 6.45) is 3.72. The molecular weight excluding hydrogens is 310 g/mol. The first kappa shape index (κ1) is 17.8. The van der Waals surface area contributed by atoms with Gasteiger partial charge in [0.25, 0.3) is 0 Å². The van der Waals surface area contributed by atoms with Crippen molar-refractivity contribution >= 4 is 5.91 Å². The minimum atomic E-state index is -0.1000. The molecule has 7 heteroatoms. The third kappa shape index (κ3) is 4.48. The number of aryl methyl sites for hydroxylation is 1. The maximum Gasteiger partial charge on any atom is 0.227 e. The van der Waals surface area contributed by atoms with E-state index in [1.54, 1.807) is 36.1 Å². The molecule has 1 heterocycles. The highest BCUT2D eigenvalue weighted by molar-refractivity contribution is 5.78. The van der Waals surface area contributed by atoms with Gasteiger partial charge in [0, 0.05) is 38.0 Å². The van der Waals surface area contributed by atoms with Gasteiger partial charge < -0.3 is 19.5 Å². The van der Waals surface area contributed by atoms with Crippen molar-refractivity contribution in [1.82, 2.24) is 14.7 Å². The number of methoxy groups -OCH3 is 2. The van der Waals surface area contributed by atoms with Gasteiger partial charge in [0.1, 0.15) is 11.5 Å². The number of aliphatic hydroxyl groups excluding tert-OH is 1. The smallest absolute Gasteiger partial charge is 0.227 e. The van der Waals surface area contributed by atoms with E-state index in [1.807, 2.05) is 25.4 Å². The summed E-state index contributed by atoms with van der Waals surface area (Å²) in [6.45, 7) is 0.512. The zero-order valence-corrected chi connectivity index (χ0v) is 14.2. The minimum absolute atomic E-state index is 0.0741. The van der Waals surface area contributed by atoms with Crippen LogP contribution in [0.15, 0.2) is 30.6 Å². The largest absolute Gasteiger partial charge is 0.497 e. The van der Waals surface area contributed by atoms with Crippen LogP contribution in [-0.4, -0.2) is 53.1 Å². The average Bonchev–Trinajstić information content (AvgIpc) is 2.99. The van der Waals surface area contributed by atoms with E-state index in [0.29, 0.717) is 18.0 Å². The highest BCUT2D eigenvalue weighted by Gasteiger charge is 2.17. The van der Waals surface area contributed by atoms with Crippen LogP contribution in [0.2, 0.25) is 0 Å². The maximum absolute atomic E-state index is 12.6. The van der Waals surface area contributed by atoms with Gasteiger partial charge in [-0.15, -0.1) is 0 Å². The summed E-state index contributed by atoms with van der Waals surface area (Å²) in [5, 5.41) is 13.3. The van der Waals surface area contributed by atoms with Crippen molar-refractivity contribution in [2.24, 2.45) is 7.05 Å². The number of carbonyl (C=O) groups excluding carboxylic acids is 1. The van der Waals surface area contributed by atoms with Crippen molar-refractivity contribution < 1.29 is 19.4 Å². The second kappa shape index (κ2) is 8.35. The SMILES string of the molecule is COc1ccc(CN(CCO)C(=O)Cc2cnn(C)c2)c(OC)c1. The molecule has 24 heavy (non-hydrogen) atoms. The predicted octanol–water partition coefficient (Wildman–Crippen LogP) is 1.00. The number of aromatic nitrogens is 2. The molecule has 1 N–H and O–H groups in total. The first-order valence-electron chi connectivity index (χ1n) is 7.64. The van der Waals surface area contributed by atoms with E-state index in [4.69, 9.17) is 9.47 Å². The van der Waals surface area contributed by atoms with Crippen LogP contribution in [0.5, 0.6) is 11.5 Å². The zero-order chi connectivity index (χ0) is 17.5. The number of nitrogens with zero attached hydrogens (tertiary/aromatic N) is 3. The summed E-state index contributed by atoms with van der Waals surface area (Å²) in [6, 6.07) is 5.46. The first-order valence-corrected chi connectivity index (χ1v) is 7.64. The fourth-order valence-electron chi connectivity index (χ4n) is 2.45. The molecule has 0 spiro atoms. The number of benzene rings is 1. The van der Waals surface area contributed by atoms with Gasteiger partial charge in [-0.1, -0.05) is 0 Å². The average molecular weight is 333 g/mol. The highest BCUT2D eigenvalue weighted by atomic mass is 16.5. The number of ether oxygens (including phenoxy) is 2. The highest BCUT2D eigenvalue weighted by Crippen LogP contribution is 2.25. The Morgan fingerprint density at radius 3 is 2.71 bits per heavy atom. The summed E-state index contributed by atoms with van der Waals surface area (Å²) < 4.78 is 12.2. The molecule has 7 nitrogen and oxygen atoms in total. The summed E-state index contributed by atoms with van der Waals surface area (Å²) in [5.41, 5.74) is 1.69. The van der Waals surface area contributed by atoms with E-state index < -0.39 is 0 Å². The van der Waals surface area contributed by atoms with Crippen LogP contribution in [0.3, 0.4) is 0 Å². The van der Waals surface area contributed by atoms with Crippen molar-refractivity contribution in [1.29, 1.82) is 0 Å². The molecule has 0 bridgehead atoms. The quantitative estimate of drug-likeness (QED) is 0.780. The van der Waals surface area contributed by atoms with Crippen molar-refractivity contribution in [3.05, 3.63) is 41.7 Å². The van der Waals surface area contributed by atoms with Crippen molar-refractivity contribution in [2.45, 2.75) is 13.0 Å². The van der Waals surface area contributed by atoms with Crippen LogP contribution < -0.4 is 9.47 Å². The van der Waals surface area contributed by atoms with E-state index in [2.05, 4.69) is 5.10 Å². The Kier molecular flexibility index (Phi) is 6.20. The van der Waals surface area contributed by atoms with Crippen molar-refractivity contribution in [3.8, 4) is 11.5 Å².